The summed E-state index contributed by atoms with van der Waals surface area (Å²) in [4.78, 5) is 17.3. The van der Waals surface area contributed by atoms with Crippen LogP contribution in [0, 0.1) is 13.8 Å². The molecular weight excluding hydrogens is 388 g/mol. The third-order valence-corrected chi connectivity index (χ3v) is 5.18. The number of rotatable bonds is 5. The van der Waals surface area contributed by atoms with Crippen molar-refractivity contribution in [2.24, 2.45) is 0 Å². The van der Waals surface area contributed by atoms with Crippen molar-refractivity contribution in [3.63, 3.8) is 0 Å². The van der Waals surface area contributed by atoms with Crippen LogP contribution in [0.4, 0.5) is 0 Å². The maximum absolute atomic E-state index is 12.7. The van der Waals surface area contributed by atoms with Crippen LogP contribution in [0.3, 0.4) is 0 Å². The van der Waals surface area contributed by atoms with Crippen LogP contribution >= 0.6 is 11.6 Å². The number of hydrogen-bond acceptors (Lipinski definition) is 4. The second-order valence-corrected chi connectivity index (χ2v) is 7.57. The molecule has 0 unspecified atom stereocenters. The fourth-order valence-electron chi connectivity index (χ4n) is 3.52. The first-order chi connectivity index (χ1) is 13.9. The van der Waals surface area contributed by atoms with Gasteiger partial charge in [0, 0.05) is 28.3 Å². The van der Waals surface area contributed by atoms with Gasteiger partial charge in [0.2, 0.25) is 0 Å². The molecule has 0 saturated heterocycles. The summed E-state index contributed by atoms with van der Waals surface area (Å²) in [6.45, 7) is 5.81. The molecular formula is C22H21ClN4O2. The fraction of sp³-hybridized carbons (Fsp3) is 0.227. The van der Waals surface area contributed by atoms with Crippen molar-refractivity contribution in [1.82, 2.24) is 20.5 Å². The number of nitrogens with zero attached hydrogens (tertiary/aromatic N) is 2. The molecule has 0 aliphatic rings. The molecule has 1 amide bonds. The van der Waals surface area contributed by atoms with E-state index in [9.17, 15) is 4.79 Å². The van der Waals surface area contributed by atoms with E-state index in [-0.39, 0.29) is 11.9 Å². The van der Waals surface area contributed by atoms with Gasteiger partial charge in [0.25, 0.3) is 5.91 Å². The Hall–Kier alpha value is -3.12. The minimum absolute atomic E-state index is 0.158. The molecule has 0 fully saturated rings. The normalized spacial score (nSPS) is 12.3. The van der Waals surface area contributed by atoms with Crippen LogP contribution in [0.15, 0.2) is 46.9 Å². The summed E-state index contributed by atoms with van der Waals surface area (Å²) in [5.41, 5.74) is 5.74. The Bertz CT molecular complexity index is 1160. The summed E-state index contributed by atoms with van der Waals surface area (Å²) in [6, 6.07) is 12.7. The number of hydrogen-bond donors (Lipinski definition) is 2. The zero-order valence-corrected chi connectivity index (χ0v) is 17.2. The number of nitrogens with one attached hydrogen (secondary N) is 2. The maximum Gasteiger partial charge on any atom is 0.251 e. The lowest BCUT2D eigenvalue weighted by atomic mass is 10.1. The fourth-order valence-corrected chi connectivity index (χ4v) is 3.64. The van der Waals surface area contributed by atoms with Crippen LogP contribution in [-0.2, 0) is 6.42 Å². The van der Waals surface area contributed by atoms with E-state index in [0.29, 0.717) is 34.0 Å². The average Bonchev–Trinajstić information content (AvgIpc) is 3.24. The van der Waals surface area contributed by atoms with E-state index in [1.165, 1.54) is 0 Å². The molecule has 148 valence electrons. The third kappa shape index (κ3) is 4.03. The monoisotopic (exact) mass is 408 g/mol. The van der Waals surface area contributed by atoms with Crippen molar-refractivity contribution in [2.45, 2.75) is 33.2 Å². The van der Waals surface area contributed by atoms with Gasteiger partial charge in [-0.1, -0.05) is 23.7 Å². The van der Waals surface area contributed by atoms with Gasteiger partial charge in [0.15, 0.2) is 11.5 Å². The zero-order chi connectivity index (χ0) is 20.5. The first-order valence-corrected chi connectivity index (χ1v) is 9.74. The molecule has 0 aliphatic carbocycles. The number of oxazole rings is 1. The van der Waals surface area contributed by atoms with Gasteiger partial charge in [-0.3, -0.25) is 9.89 Å². The number of aromatic nitrogens is 3. The summed E-state index contributed by atoms with van der Waals surface area (Å²) in [5.74, 6) is 0.430. The number of halogens is 1. The number of carbonyl (C=O) groups excluding carboxylic acids is 1. The van der Waals surface area contributed by atoms with Gasteiger partial charge in [-0.05, 0) is 56.7 Å². The Balaban J connectivity index is 1.52. The zero-order valence-electron chi connectivity index (χ0n) is 16.4. The van der Waals surface area contributed by atoms with E-state index < -0.39 is 0 Å². The third-order valence-electron chi connectivity index (χ3n) is 4.93. The predicted molar refractivity (Wildman–Crippen MR) is 112 cm³/mol. The van der Waals surface area contributed by atoms with Crippen LogP contribution in [0.1, 0.15) is 51.7 Å². The molecule has 2 heterocycles. The first kappa shape index (κ1) is 19.2. The van der Waals surface area contributed by atoms with Crippen molar-refractivity contribution in [3.8, 4) is 0 Å². The summed E-state index contributed by atoms with van der Waals surface area (Å²) < 4.78 is 5.82. The molecule has 0 radical (unpaired) electrons. The molecule has 0 bridgehead atoms. The SMILES string of the molecule is Cc1n[nH]c(C)c1[C@H](C)NC(=O)c1ccc2oc(Cc3ccc(Cl)cc3)nc2c1. The largest absolute Gasteiger partial charge is 0.440 e. The van der Waals surface area contributed by atoms with Gasteiger partial charge in [0.1, 0.15) is 5.52 Å². The van der Waals surface area contributed by atoms with Crippen molar-refractivity contribution in [3.05, 3.63) is 81.5 Å². The van der Waals surface area contributed by atoms with Crippen LogP contribution < -0.4 is 5.32 Å². The van der Waals surface area contributed by atoms with Crippen LogP contribution in [0.25, 0.3) is 11.1 Å². The summed E-state index contributed by atoms with van der Waals surface area (Å²) >= 11 is 5.93. The molecule has 4 rings (SSSR count). The lowest BCUT2D eigenvalue weighted by Crippen LogP contribution is -2.27. The second-order valence-electron chi connectivity index (χ2n) is 7.14. The van der Waals surface area contributed by atoms with Gasteiger partial charge in [-0.25, -0.2) is 4.98 Å². The standard InChI is InChI=1S/C22H21ClN4O2/c1-12(21-13(2)26-27-14(21)3)24-22(28)16-6-9-19-18(11-16)25-20(29-19)10-15-4-7-17(23)8-5-15/h4-9,11-12H,10H2,1-3H3,(H,24,28)(H,26,27)/t12-/m0/s1. The molecule has 0 aliphatic heterocycles. The topological polar surface area (TPSA) is 83.8 Å². The Morgan fingerprint density at radius 3 is 2.66 bits per heavy atom. The minimum Gasteiger partial charge on any atom is -0.440 e. The van der Waals surface area contributed by atoms with E-state index >= 15 is 0 Å². The number of fused-ring (bicyclic) bond motifs is 1. The van der Waals surface area contributed by atoms with Crippen molar-refractivity contribution in [1.29, 1.82) is 0 Å². The minimum atomic E-state index is -0.165. The van der Waals surface area contributed by atoms with Crippen LogP contribution in [0.2, 0.25) is 5.02 Å². The van der Waals surface area contributed by atoms with Gasteiger partial charge in [-0.15, -0.1) is 0 Å². The summed E-state index contributed by atoms with van der Waals surface area (Å²) in [5, 5.41) is 10.9. The lowest BCUT2D eigenvalue weighted by molar-refractivity contribution is 0.0940. The number of aromatic amines is 1. The quantitative estimate of drug-likeness (QED) is 0.491. The molecule has 0 saturated carbocycles. The second kappa shape index (κ2) is 7.72. The molecule has 2 aromatic heterocycles. The van der Waals surface area contributed by atoms with Gasteiger partial charge in [-0.2, -0.15) is 5.10 Å². The Morgan fingerprint density at radius 2 is 1.97 bits per heavy atom. The van der Waals surface area contributed by atoms with Gasteiger partial charge >= 0.3 is 0 Å². The van der Waals surface area contributed by atoms with Gasteiger partial charge in [0.05, 0.1) is 11.7 Å². The van der Waals surface area contributed by atoms with E-state index in [2.05, 4.69) is 20.5 Å². The number of H-pyrrole nitrogens is 1. The number of carbonyl (C=O) groups is 1. The van der Waals surface area contributed by atoms with Crippen LogP contribution in [-0.4, -0.2) is 21.1 Å². The van der Waals surface area contributed by atoms with Crippen molar-refractivity contribution in [2.75, 3.05) is 0 Å². The average molecular weight is 409 g/mol. The molecule has 6 nitrogen and oxygen atoms in total. The van der Waals surface area contributed by atoms with Crippen molar-refractivity contribution >= 4 is 28.6 Å². The highest BCUT2D eigenvalue weighted by Crippen LogP contribution is 2.22. The van der Waals surface area contributed by atoms with Gasteiger partial charge < -0.3 is 9.73 Å². The Kier molecular flexibility index (Phi) is 5.11. The van der Waals surface area contributed by atoms with E-state index in [1.54, 1.807) is 18.2 Å². The highest BCUT2D eigenvalue weighted by Gasteiger charge is 2.18. The van der Waals surface area contributed by atoms with E-state index in [1.807, 2.05) is 45.0 Å². The number of benzene rings is 2. The number of aryl methyl sites for hydroxylation is 2. The molecule has 29 heavy (non-hydrogen) atoms. The summed E-state index contributed by atoms with van der Waals surface area (Å²) in [7, 11) is 0. The highest BCUT2D eigenvalue weighted by molar-refractivity contribution is 6.30. The Labute approximate surface area is 173 Å². The molecule has 4 aromatic rings. The smallest absolute Gasteiger partial charge is 0.251 e. The summed E-state index contributed by atoms with van der Waals surface area (Å²) in [6.07, 6.45) is 0.559. The Morgan fingerprint density at radius 1 is 1.21 bits per heavy atom. The van der Waals surface area contributed by atoms with Crippen molar-refractivity contribution < 1.29 is 9.21 Å². The van der Waals surface area contributed by atoms with E-state index in [0.717, 1.165) is 22.5 Å². The molecule has 2 N–H and O–H groups in total. The number of amides is 1. The molecule has 1 atom stereocenters. The molecule has 7 heteroatoms. The maximum atomic E-state index is 12.7. The van der Waals surface area contributed by atoms with E-state index in [4.69, 9.17) is 16.0 Å². The van der Waals surface area contributed by atoms with Crippen LogP contribution in [0.5, 0.6) is 0 Å². The predicted octanol–water partition coefficient (Wildman–Crippen LogP) is 4.90. The lowest BCUT2D eigenvalue weighted by Gasteiger charge is -2.14. The first-order valence-electron chi connectivity index (χ1n) is 9.37. The molecule has 0 spiro atoms. The molecule has 2 aromatic carbocycles. The highest BCUT2D eigenvalue weighted by atomic mass is 35.5.